The second-order valence-corrected chi connectivity index (χ2v) is 3.64. The lowest BCUT2D eigenvalue weighted by molar-refractivity contribution is 0.589. The maximum Gasteiger partial charge on any atom is 0.129 e. The standard InChI is InChI=1S/C11H15F/c1-7(2)10-6-8(3)5-9(4)11(10)12/h5-7H,1-4H3. The summed E-state index contributed by atoms with van der Waals surface area (Å²) < 4.78 is 13.4. The highest BCUT2D eigenvalue weighted by Crippen LogP contribution is 2.22. The van der Waals surface area contributed by atoms with E-state index >= 15 is 0 Å². The number of hydrogen-bond acceptors (Lipinski definition) is 0. The maximum atomic E-state index is 13.4. The van der Waals surface area contributed by atoms with Crippen LogP contribution < -0.4 is 0 Å². The molecule has 0 heterocycles. The summed E-state index contributed by atoms with van der Waals surface area (Å²) in [5.41, 5.74) is 2.71. The highest BCUT2D eigenvalue weighted by molar-refractivity contribution is 5.32. The van der Waals surface area contributed by atoms with Crippen LogP contribution in [0.5, 0.6) is 0 Å². The van der Waals surface area contributed by atoms with Gasteiger partial charge in [-0.3, -0.25) is 0 Å². The van der Waals surface area contributed by atoms with Crippen molar-refractivity contribution >= 4 is 0 Å². The van der Waals surface area contributed by atoms with Gasteiger partial charge in [-0.1, -0.05) is 31.5 Å². The zero-order valence-electron chi connectivity index (χ0n) is 8.11. The van der Waals surface area contributed by atoms with Crippen LogP contribution in [0.25, 0.3) is 0 Å². The number of aryl methyl sites for hydroxylation is 2. The molecule has 0 aromatic heterocycles. The fourth-order valence-corrected chi connectivity index (χ4v) is 1.40. The van der Waals surface area contributed by atoms with Crippen LogP contribution in [-0.2, 0) is 0 Å². The molecule has 0 unspecified atom stereocenters. The van der Waals surface area contributed by atoms with Crippen LogP contribution in [0.15, 0.2) is 12.1 Å². The van der Waals surface area contributed by atoms with Crippen molar-refractivity contribution in [3.05, 3.63) is 34.6 Å². The van der Waals surface area contributed by atoms with Crippen LogP contribution in [0.1, 0.15) is 36.5 Å². The van der Waals surface area contributed by atoms with E-state index in [0.717, 1.165) is 16.7 Å². The van der Waals surface area contributed by atoms with E-state index in [1.807, 2.05) is 39.8 Å². The molecule has 0 fully saturated rings. The van der Waals surface area contributed by atoms with Crippen LogP contribution in [0.2, 0.25) is 0 Å². The Balaban J connectivity index is 3.28. The van der Waals surface area contributed by atoms with Gasteiger partial charge in [0, 0.05) is 0 Å². The number of halogens is 1. The Kier molecular flexibility index (Phi) is 2.51. The first-order valence-corrected chi connectivity index (χ1v) is 4.29. The summed E-state index contributed by atoms with van der Waals surface area (Å²) in [4.78, 5) is 0. The molecular weight excluding hydrogens is 151 g/mol. The maximum absolute atomic E-state index is 13.4. The third-order valence-corrected chi connectivity index (χ3v) is 2.05. The quantitative estimate of drug-likeness (QED) is 0.598. The Hall–Kier alpha value is -0.850. The fraction of sp³-hybridized carbons (Fsp3) is 0.455. The molecule has 0 aliphatic rings. The van der Waals surface area contributed by atoms with Gasteiger partial charge >= 0.3 is 0 Å². The molecule has 0 N–H and O–H groups in total. The van der Waals surface area contributed by atoms with Gasteiger partial charge in [0.05, 0.1) is 0 Å². The summed E-state index contributed by atoms with van der Waals surface area (Å²) >= 11 is 0. The van der Waals surface area contributed by atoms with Gasteiger partial charge in [-0.15, -0.1) is 0 Å². The average Bonchev–Trinajstić information content (AvgIpc) is 1.96. The predicted molar refractivity (Wildman–Crippen MR) is 50.0 cm³/mol. The minimum Gasteiger partial charge on any atom is -0.206 e. The van der Waals surface area contributed by atoms with Crippen LogP contribution >= 0.6 is 0 Å². The summed E-state index contributed by atoms with van der Waals surface area (Å²) in [5.74, 6) is 0.221. The van der Waals surface area contributed by atoms with E-state index in [4.69, 9.17) is 0 Å². The molecule has 66 valence electrons. The molecule has 1 rings (SSSR count). The first-order chi connectivity index (χ1) is 5.52. The molecule has 0 saturated carbocycles. The molecule has 1 aromatic rings. The van der Waals surface area contributed by atoms with Crippen molar-refractivity contribution < 1.29 is 4.39 Å². The van der Waals surface area contributed by atoms with Gasteiger partial charge in [-0.25, -0.2) is 4.39 Å². The van der Waals surface area contributed by atoms with E-state index in [-0.39, 0.29) is 11.7 Å². The molecule has 0 saturated heterocycles. The van der Waals surface area contributed by atoms with Crippen molar-refractivity contribution in [2.75, 3.05) is 0 Å². The van der Waals surface area contributed by atoms with E-state index in [0.29, 0.717) is 0 Å². The molecule has 0 atom stereocenters. The second-order valence-electron chi connectivity index (χ2n) is 3.64. The monoisotopic (exact) mass is 166 g/mol. The summed E-state index contributed by atoms with van der Waals surface area (Å²) in [5, 5.41) is 0. The summed E-state index contributed by atoms with van der Waals surface area (Å²) in [6.07, 6.45) is 0. The lowest BCUT2D eigenvalue weighted by atomic mass is 9.98. The minimum absolute atomic E-state index is 0.0457. The van der Waals surface area contributed by atoms with Gasteiger partial charge in [0.25, 0.3) is 0 Å². The van der Waals surface area contributed by atoms with Crippen LogP contribution in [-0.4, -0.2) is 0 Å². The van der Waals surface area contributed by atoms with Crippen molar-refractivity contribution in [3.8, 4) is 0 Å². The second kappa shape index (κ2) is 3.26. The van der Waals surface area contributed by atoms with Crippen molar-refractivity contribution in [1.82, 2.24) is 0 Å². The van der Waals surface area contributed by atoms with Gasteiger partial charge < -0.3 is 0 Å². The molecule has 12 heavy (non-hydrogen) atoms. The largest absolute Gasteiger partial charge is 0.206 e. The van der Waals surface area contributed by atoms with Crippen LogP contribution in [0.4, 0.5) is 4.39 Å². The smallest absolute Gasteiger partial charge is 0.129 e. The lowest BCUT2D eigenvalue weighted by Crippen LogP contribution is -1.96. The molecule has 0 spiro atoms. The Morgan fingerprint density at radius 3 is 2.25 bits per heavy atom. The average molecular weight is 166 g/mol. The number of rotatable bonds is 1. The van der Waals surface area contributed by atoms with E-state index in [9.17, 15) is 4.39 Å². The van der Waals surface area contributed by atoms with Gasteiger partial charge in [0.15, 0.2) is 0 Å². The van der Waals surface area contributed by atoms with E-state index in [2.05, 4.69) is 0 Å². The Bertz CT molecular complexity index is 287. The predicted octanol–water partition coefficient (Wildman–Crippen LogP) is 3.57. The van der Waals surface area contributed by atoms with Crippen molar-refractivity contribution in [2.24, 2.45) is 0 Å². The normalized spacial score (nSPS) is 10.8. The summed E-state index contributed by atoms with van der Waals surface area (Å²) in [6.45, 7) is 7.83. The molecular formula is C11H15F. The molecule has 0 aliphatic heterocycles. The molecule has 1 heteroatoms. The third-order valence-electron chi connectivity index (χ3n) is 2.05. The van der Waals surface area contributed by atoms with E-state index in [1.165, 1.54) is 0 Å². The number of hydrogen-bond donors (Lipinski definition) is 0. The summed E-state index contributed by atoms with van der Waals surface area (Å²) in [7, 11) is 0. The van der Waals surface area contributed by atoms with Gasteiger partial charge in [-0.2, -0.15) is 0 Å². The highest BCUT2D eigenvalue weighted by Gasteiger charge is 2.08. The zero-order valence-corrected chi connectivity index (χ0v) is 8.11. The molecule has 0 aliphatic carbocycles. The van der Waals surface area contributed by atoms with Gasteiger partial charge in [0.1, 0.15) is 5.82 Å². The zero-order chi connectivity index (χ0) is 9.30. The topological polar surface area (TPSA) is 0 Å². The lowest BCUT2D eigenvalue weighted by Gasteiger charge is -2.10. The molecule has 1 aromatic carbocycles. The van der Waals surface area contributed by atoms with Crippen molar-refractivity contribution in [1.29, 1.82) is 0 Å². The van der Waals surface area contributed by atoms with E-state index in [1.54, 1.807) is 0 Å². The van der Waals surface area contributed by atoms with Crippen molar-refractivity contribution in [2.45, 2.75) is 33.6 Å². The first-order valence-electron chi connectivity index (χ1n) is 4.29. The van der Waals surface area contributed by atoms with Crippen LogP contribution in [0, 0.1) is 19.7 Å². The van der Waals surface area contributed by atoms with Crippen LogP contribution in [0.3, 0.4) is 0 Å². The SMILES string of the molecule is Cc1cc(C)c(F)c(C(C)C)c1. The number of benzene rings is 1. The third kappa shape index (κ3) is 1.66. The Morgan fingerprint density at radius 1 is 1.17 bits per heavy atom. The summed E-state index contributed by atoms with van der Waals surface area (Å²) in [6, 6.07) is 3.80. The Labute approximate surface area is 73.4 Å². The Morgan fingerprint density at radius 2 is 1.75 bits per heavy atom. The van der Waals surface area contributed by atoms with Crippen molar-refractivity contribution in [3.63, 3.8) is 0 Å². The molecule has 0 radical (unpaired) electrons. The molecule has 0 bridgehead atoms. The van der Waals surface area contributed by atoms with Gasteiger partial charge in [0.2, 0.25) is 0 Å². The minimum atomic E-state index is -0.0457. The highest BCUT2D eigenvalue weighted by atomic mass is 19.1. The first kappa shape index (κ1) is 9.24. The fourth-order valence-electron chi connectivity index (χ4n) is 1.40. The molecule has 0 nitrogen and oxygen atoms in total. The van der Waals surface area contributed by atoms with Gasteiger partial charge in [-0.05, 0) is 30.9 Å². The van der Waals surface area contributed by atoms with E-state index < -0.39 is 0 Å². The molecule has 0 amide bonds.